The Morgan fingerprint density at radius 3 is 1.47 bits per heavy atom. The molecule has 176 valence electrons. The van der Waals surface area contributed by atoms with Crippen molar-refractivity contribution in [3.63, 3.8) is 0 Å². The van der Waals surface area contributed by atoms with E-state index in [1.807, 2.05) is 18.2 Å². The largest absolute Gasteiger partial charge is 1.00 e. The standard InChI is InChI=1S/C27H26ClNO2PS.BrH/c28-23-17-19-27(20-18-23)33(30,31)29-21-10-22-32(24-11-4-1-5-12-24,25-13-6-2-7-14-25)26-15-8-3-9-16-26;/h1-9,11-20,29H,10,21-22H2;1H/q+1;/p-1. The Hall–Kier alpha value is -2.01. The normalized spacial score (nSPS) is 11.6. The van der Waals surface area contributed by atoms with Crippen LogP contribution in [-0.2, 0) is 10.0 Å². The van der Waals surface area contributed by atoms with Gasteiger partial charge in [-0.25, -0.2) is 13.1 Å². The molecule has 0 atom stereocenters. The number of benzene rings is 4. The zero-order chi connectivity index (χ0) is 23.2. The molecule has 34 heavy (non-hydrogen) atoms. The molecule has 0 radical (unpaired) electrons. The number of sulfonamides is 1. The molecule has 4 rings (SSSR count). The molecule has 0 saturated heterocycles. The van der Waals surface area contributed by atoms with Crippen molar-refractivity contribution in [2.24, 2.45) is 0 Å². The van der Waals surface area contributed by atoms with Gasteiger partial charge in [-0.3, -0.25) is 0 Å². The smallest absolute Gasteiger partial charge is 0.240 e. The summed E-state index contributed by atoms with van der Waals surface area (Å²) in [6.07, 6.45) is 1.56. The molecule has 0 amide bonds. The summed E-state index contributed by atoms with van der Waals surface area (Å²) in [7, 11) is -5.55. The minimum atomic E-state index is -3.58. The summed E-state index contributed by atoms with van der Waals surface area (Å²) in [5, 5.41) is 4.39. The average molecular weight is 575 g/mol. The maximum atomic E-state index is 12.7. The van der Waals surface area contributed by atoms with Crippen LogP contribution in [0, 0.1) is 0 Å². The van der Waals surface area contributed by atoms with Crippen LogP contribution >= 0.6 is 18.9 Å². The Morgan fingerprint density at radius 1 is 0.647 bits per heavy atom. The Labute approximate surface area is 218 Å². The van der Waals surface area contributed by atoms with E-state index in [1.54, 1.807) is 12.1 Å². The highest BCUT2D eigenvalue weighted by molar-refractivity contribution is 7.95. The third kappa shape index (κ3) is 5.97. The van der Waals surface area contributed by atoms with Gasteiger partial charge in [-0.15, -0.1) is 0 Å². The lowest BCUT2D eigenvalue weighted by atomic mass is 10.4. The maximum absolute atomic E-state index is 12.7. The first-order valence-electron chi connectivity index (χ1n) is 10.8. The quantitative estimate of drug-likeness (QED) is 0.246. The fraction of sp³-hybridized carbons (Fsp3) is 0.111. The van der Waals surface area contributed by atoms with Gasteiger partial charge < -0.3 is 17.0 Å². The molecule has 0 unspecified atom stereocenters. The van der Waals surface area contributed by atoms with Crippen molar-refractivity contribution < 1.29 is 25.4 Å². The lowest BCUT2D eigenvalue weighted by molar-refractivity contribution is -0.00000889. The molecule has 0 fully saturated rings. The summed E-state index contributed by atoms with van der Waals surface area (Å²) in [5.41, 5.74) is 0. The van der Waals surface area contributed by atoms with Crippen LogP contribution in [0.5, 0.6) is 0 Å². The Balaban J connectivity index is 0.00000324. The van der Waals surface area contributed by atoms with Gasteiger partial charge in [-0.2, -0.15) is 0 Å². The number of hydrogen-bond donors (Lipinski definition) is 1. The van der Waals surface area contributed by atoms with Crippen molar-refractivity contribution in [1.29, 1.82) is 0 Å². The van der Waals surface area contributed by atoms with Gasteiger partial charge in [0.15, 0.2) is 0 Å². The van der Waals surface area contributed by atoms with E-state index in [9.17, 15) is 8.42 Å². The molecular weight excluding hydrogens is 549 g/mol. The van der Waals surface area contributed by atoms with Crippen LogP contribution < -0.4 is 37.6 Å². The van der Waals surface area contributed by atoms with Gasteiger partial charge in [0.2, 0.25) is 10.0 Å². The minimum Gasteiger partial charge on any atom is -1.00 e. The maximum Gasteiger partial charge on any atom is 0.240 e. The van der Waals surface area contributed by atoms with E-state index in [0.717, 1.165) is 6.16 Å². The van der Waals surface area contributed by atoms with Gasteiger partial charge in [0.25, 0.3) is 0 Å². The number of halogens is 2. The van der Waals surface area contributed by atoms with E-state index >= 15 is 0 Å². The lowest BCUT2D eigenvalue weighted by Crippen LogP contribution is -3.00. The molecule has 1 N–H and O–H groups in total. The highest BCUT2D eigenvalue weighted by Crippen LogP contribution is 2.55. The fourth-order valence-corrected chi connectivity index (χ4v) is 9.65. The van der Waals surface area contributed by atoms with Crippen molar-refractivity contribution in [2.75, 3.05) is 12.7 Å². The van der Waals surface area contributed by atoms with Gasteiger partial charge in [0, 0.05) is 11.6 Å². The second-order valence-electron chi connectivity index (χ2n) is 7.75. The second kappa shape index (κ2) is 12.1. The molecule has 0 aromatic heterocycles. The van der Waals surface area contributed by atoms with Crippen LogP contribution in [0.2, 0.25) is 5.02 Å². The first kappa shape index (κ1) is 26.6. The summed E-state index contributed by atoms with van der Waals surface area (Å²) >= 11 is 5.90. The van der Waals surface area contributed by atoms with E-state index in [2.05, 4.69) is 77.5 Å². The SMILES string of the molecule is O=S(=O)(NCCC[P+](c1ccccc1)(c1ccccc1)c1ccccc1)c1ccc(Cl)cc1.[Br-]. The monoisotopic (exact) mass is 573 g/mol. The van der Waals surface area contributed by atoms with E-state index in [4.69, 9.17) is 11.6 Å². The van der Waals surface area contributed by atoms with Crippen molar-refractivity contribution in [2.45, 2.75) is 11.3 Å². The third-order valence-electron chi connectivity index (χ3n) is 5.68. The molecule has 3 nitrogen and oxygen atoms in total. The van der Waals surface area contributed by atoms with Crippen LogP contribution in [0.25, 0.3) is 0 Å². The van der Waals surface area contributed by atoms with Crippen LogP contribution in [0.15, 0.2) is 120 Å². The molecular formula is C27H26BrClNO2PS. The Bertz CT molecular complexity index is 1180. The fourth-order valence-electron chi connectivity index (χ4n) is 4.10. The van der Waals surface area contributed by atoms with E-state index in [-0.39, 0.29) is 21.9 Å². The highest BCUT2D eigenvalue weighted by Gasteiger charge is 2.44. The Kier molecular flexibility index (Phi) is 9.47. The summed E-state index contributed by atoms with van der Waals surface area (Å²) in [5.74, 6) is 0. The first-order valence-corrected chi connectivity index (χ1v) is 14.7. The molecule has 4 aromatic rings. The summed E-state index contributed by atoms with van der Waals surface area (Å²) < 4.78 is 28.2. The molecule has 7 heteroatoms. The van der Waals surface area contributed by atoms with Crippen molar-refractivity contribution >= 4 is 44.8 Å². The van der Waals surface area contributed by atoms with Gasteiger partial charge in [0.1, 0.15) is 23.2 Å². The van der Waals surface area contributed by atoms with Gasteiger partial charge in [0.05, 0.1) is 11.1 Å². The van der Waals surface area contributed by atoms with Crippen LogP contribution in [-0.4, -0.2) is 21.1 Å². The molecule has 0 aliphatic carbocycles. The molecule has 0 saturated carbocycles. The van der Waals surface area contributed by atoms with Crippen molar-refractivity contribution in [3.8, 4) is 0 Å². The molecule has 4 aromatic carbocycles. The lowest BCUT2D eigenvalue weighted by Gasteiger charge is -2.27. The predicted molar refractivity (Wildman–Crippen MR) is 141 cm³/mol. The van der Waals surface area contributed by atoms with Crippen molar-refractivity contribution in [3.05, 3.63) is 120 Å². The zero-order valence-electron chi connectivity index (χ0n) is 18.5. The van der Waals surface area contributed by atoms with E-state index < -0.39 is 17.3 Å². The van der Waals surface area contributed by atoms with Crippen LogP contribution in [0.1, 0.15) is 6.42 Å². The van der Waals surface area contributed by atoms with Crippen LogP contribution in [0.4, 0.5) is 0 Å². The van der Waals surface area contributed by atoms with Gasteiger partial charge >= 0.3 is 0 Å². The van der Waals surface area contributed by atoms with Crippen LogP contribution in [0.3, 0.4) is 0 Å². The number of rotatable bonds is 9. The number of nitrogens with one attached hydrogen (secondary N) is 1. The van der Waals surface area contributed by atoms with E-state index in [1.165, 1.54) is 28.0 Å². The molecule has 0 aliphatic rings. The third-order valence-corrected chi connectivity index (χ3v) is 11.9. The summed E-state index contributed by atoms with van der Waals surface area (Å²) in [6, 6.07) is 38.0. The summed E-state index contributed by atoms with van der Waals surface area (Å²) in [4.78, 5) is 0.224. The first-order chi connectivity index (χ1) is 16.0. The molecule has 0 heterocycles. The molecule has 0 aliphatic heterocycles. The Morgan fingerprint density at radius 2 is 1.06 bits per heavy atom. The predicted octanol–water partition coefficient (Wildman–Crippen LogP) is 2.01. The topological polar surface area (TPSA) is 46.2 Å². The summed E-state index contributed by atoms with van der Waals surface area (Å²) in [6.45, 7) is 0.360. The number of hydrogen-bond acceptors (Lipinski definition) is 2. The average Bonchev–Trinajstić information content (AvgIpc) is 2.86. The van der Waals surface area contributed by atoms with Gasteiger partial charge in [-0.1, -0.05) is 66.2 Å². The van der Waals surface area contributed by atoms with Gasteiger partial charge in [-0.05, 0) is 67.1 Å². The molecule has 0 spiro atoms. The molecule has 0 bridgehead atoms. The van der Waals surface area contributed by atoms with Crippen molar-refractivity contribution in [1.82, 2.24) is 4.72 Å². The second-order valence-corrected chi connectivity index (χ2v) is 13.6. The van der Waals surface area contributed by atoms with E-state index in [0.29, 0.717) is 18.0 Å². The highest BCUT2D eigenvalue weighted by atomic mass is 79.9. The zero-order valence-corrected chi connectivity index (χ0v) is 22.6. The minimum absolute atomic E-state index is 0.